The van der Waals surface area contributed by atoms with Crippen LogP contribution in [-0.4, -0.2) is 18.1 Å². The summed E-state index contributed by atoms with van der Waals surface area (Å²) in [6, 6.07) is 3.38. The Kier molecular flexibility index (Phi) is 3.02. The summed E-state index contributed by atoms with van der Waals surface area (Å²) in [7, 11) is 1.23. The van der Waals surface area contributed by atoms with Crippen LogP contribution in [-0.2, 0) is 22.1 Å². The molecule has 1 heterocycles. The van der Waals surface area contributed by atoms with Gasteiger partial charge in [-0.1, -0.05) is 0 Å². The lowest BCUT2D eigenvalue weighted by molar-refractivity contribution is -0.139. The van der Waals surface area contributed by atoms with E-state index in [2.05, 4.69) is 9.72 Å². The number of carbonyl (C=O) groups excluding carboxylic acids is 1. The number of carbonyl (C=O) groups is 1. The van der Waals surface area contributed by atoms with Crippen LogP contribution >= 0.6 is 0 Å². The lowest BCUT2D eigenvalue weighted by Crippen LogP contribution is -2.05. The summed E-state index contributed by atoms with van der Waals surface area (Å²) in [5.41, 5.74) is 0.311. The topological polar surface area (TPSA) is 42.1 Å². The van der Waals surface area contributed by atoms with Crippen molar-refractivity contribution >= 4 is 16.9 Å². The molecule has 1 aromatic heterocycles. The van der Waals surface area contributed by atoms with Gasteiger partial charge in [-0.25, -0.2) is 0 Å². The maximum atomic E-state index is 12.6. The molecular formula is C12H10F3NO2. The van der Waals surface area contributed by atoms with Gasteiger partial charge in [0.05, 0.1) is 19.1 Å². The van der Waals surface area contributed by atoms with Crippen LogP contribution in [0.2, 0.25) is 0 Å². The van der Waals surface area contributed by atoms with Crippen LogP contribution in [0.25, 0.3) is 10.9 Å². The quantitative estimate of drug-likeness (QED) is 0.840. The van der Waals surface area contributed by atoms with Crippen LogP contribution < -0.4 is 0 Å². The van der Waals surface area contributed by atoms with Gasteiger partial charge in [0.2, 0.25) is 0 Å². The Labute approximate surface area is 101 Å². The van der Waals surface area contributed by atoms with Gasteiger partial charge in [-0.05, 0) is 23.8 Å². The number of esters is 1. The molecule has 0 amide bonds. The molecule has 6 heteroatoms. The number of aromatic nitrogens is 1. The van der Waals surface area contributed by atoms with Crippen LogP contribution in [0, 0.1) is 0 Å². The number of halogens is 3. The molecule has 18 heavy (non-hydrogen) atoms. The fraction of sp³-hybridized carbons (Fsp3) is 0.250. The third-order valence-electron chi connectivity index (χ3n) is 2.66. The first-order valence-corrected chi connectivity index (χ1v) is 5.16. The van der Waals surface area contributed by atoms with Gasteiger partial charge in [0.25, 0.3) is 0 Å². The van der Waals surface area contributed by atoms with E-state index in [0.717, 1.165) is 12.1 Å². The molecule has 0 aliphatic heterocycles. The van der Waals surface area contributed by atoms with Gasteiger partial charge >= 0.3 is 12.1 Å². The number of hydrogen-bond acceptors (Lipinski definition) is 2. The monoisotopic (exact) mass is 257 g/mol. The Morgan fingerprint density at radius 2 is 2.11 bits per heavy atom. The molecule has 0 atom stereocenters. The van der Waals surface area contributed by atoms with Crippen molar-refractivity contribution in [3.05, 3.63) is 35.5 Å². The van der Waals surface area contributed by atoms with E-state index in [0.29, 0.717) is 16.5 Å². The van der Waals surface area contributed by atoms with E-state index < -0.39 is 17.7 Å². The Morgan fingerprint density at radius 1 is 1.39 bits per heavy atom. The molecule has 0 spiro atoms. The van der Waals surface area contributed by atoms with Crippen LogP contribution in [0.15, 0.2) is 24.4 Å². The lowest BCUT2D eigenvalue weighted by Gasteiger charge is -2.06. The highest BCUT2D eigenvalue weighted by atomic mass is 19.4. The van der Waals surface area contributed by atoms with Crippen molar-refractivity contribution in [2.24, 2.45) is 0 Å². The Hall–Kier alpha value is -1.98. The zero-order valence-corrected chi connectivity index (χ0v) is 9.47. The predicted molar refractivity (Wildman–Crippen MR) is 59.0 cm³/mol. The summed E-state index contributed by atoms with van der Waals surface area (Å²) in [4.78, 5) is 14.0. The first kappa shape index (κ1) is 12.5. The molecule has 2 aromatic rings. The van der Waals surface area contributed by atoms with Gasteiger partial charge in [0.1, 0.15) is 0 Å². The van der Waals surface area contributed by atoms with Crippen molar-refractivity contribution in [1.29, 1.82) is 0 Å². The van der Waals surface area contributed by atoms with Gasteiger partial charge in [-0.2, -0.15) is 13.2 Å². The maximum absolute atomic E-state index is 12.6. The fourth-order valence-corrected chi connectivity index (χ4v) is 1.73. The molecule has 0 unspecified atom stereocenters. The van der Waals surface area contributed by atoms with E-state index in [4.69, 9.17) is 0 Å². The second kappa shape index (κ2) is 4.36. The highest BCUT2D eigenvalue weighted by molar-refractivity contribution is 5.87. The van der Waals surface area contributed by atoms with E-state index in [1.165, 1.54) is 19.4 Å². The molecule has 0 fully saturated rings. The molecule has 3 nitrogen and oxygen atoms in total. The first-order valence-electron chi connectivity index (χ1n) is 5.16. The summed E-state index contributed by atoms with van der Waals surface area (Å²) in [5, 5.41) is 0.384. The molecule has 0 bridgehead atoms. The highest BCUT2D eigenvalue weighted by Crippen LogP contribution is 2.32. The van der Waals surface area contributed by atoms with Crippen LogP contribution in [0.5, 0.6) is 0 Å². The number of methoxy groups -OCH3 is 1. The van der Waals surface area contributed by atoms with Gasteiger partial charge in [0.15, 0.2) is 0 Å². The van der Waals surface area contributed by atoms with E-state index >= 15 is 0 Å². The fourth-order valence-electron chi connectivity index (χ4n) is 1.73. The molecule has 96 valence electrons. The van der Waals surface area contributed by atoms with E-state index in [1.807, 2.05) is 0 Å². The minimum atomic E-state index is -4.39. The number of benzene rings is 1. The second-order valence-electron chi connectivity index (χ2n) is 3.82. The molecule has 0 aliphatic rings. The van der Waals surface area contributed by atoms with Crippen LogP contribution in [0.4, 0.5) is 13.2 Å². The zero-order valence-electron chi connectivity index (χ0n) is 9.47. The first-order chi connectivity index (χ1) is 8.41. The Balaban J connectivity index is 2.47. The van der Waals surface area contributed by atoms with Gasteiger partial charge in [-0.3, -0.25) is 4.79 Å². The van der Waals surface area contributed by atoms with Crippen LogP contribution in [0.3, 0.4) is 0 Å². The standard InChI is InChI=1S/C12H10F3NO2/c1-18-11(17)4-7-6-16-10-3-2-8(5-9(7)10)12(13,14)15/h2-3,5-6,16H,4H2,1H3. The van der Waals surface area contributed by atoms with Gasteiger partial charge < -0.3 is 9.72 Å². The van der Waals surface area contributed by atoms with Crippen molar-refractivity contribution in [3.8, 4) is 0 Å². The van der Waals surface area contributed by atoms with Crippen molar-refractivity contribution < 1.29 is 22.7 Å². The summed E-state index contributed by atoms with van der Waals surface area (Å²) in [6.45, 7) is 0. The summed E-state index contributed by atoms with van der Waals surface area (Å²) in [5.74, 6) is -0.492. The summed E-state index contributed by atoms with van der Waals surface area (Å²) < 4.78 is 42.2. The van der Waals surface area contributed by atoms with Crippen molar-refractivity contribution in [1.82, 2.24) is 4.98 Å². The Morgan fingerprint density at radius 3 is 2.72 bits per heavy atom. The van der Waals surface area contributed by atoms with E-state index in [1.54, 1.807) is 0 Å². The molecule has 0 saturated heterocycles. The molecule has 0 aliphatic carbocycles. The largest absolute Gasteiger partial charge is 0.469 e. The van der Waals surface area contributed by atoms with Crippen molar-refractivity contribution in [2.75, 3.05) is 7.11 Å². The normalized spacial score (nSPS) is 11.8. The number of nitrogens with one attached hydrogen (secondary N) is 1. The molecule has 2 rings (SSSR count). The smallest absolute Gasteiger partial charge is 0.416 e. The number of rotatable bonds is 2. The molecule has 0 saturated carbocycles. The van der Waals surface area contributed by atoms with E-state index in [-0.39, 0.29) is 6.42 Å². The SMILES string of the molecule is COC(=O)Cc1c[nH]c2ccc(C(F)(F)F)cc12. The number of alkyl halides is 3. The average Bonchev–Trinajstić information content (AvgIpc) is 2.70. The number of fused-ring (bicyclic) bond motifs is 1. The highest BCUT2D eigenvalue weighted by Gasteiger charge is 2.30. The van der Waals surface area contributed by atoms with Gasteiger partial charge in [0, 0.05) is 17.1 Å². The molecule has 1 aromatic carbocycles. The number of aromatic amines is 1. The van der Waals surface area contributed by atoms with Crippen molar-refractivity contribution in [2.45, 2.75) is 12.6 Å². The predicted octanol–water partition coefficient (Wildman–Crippen LogP) is 2.90. The number of ether oxygens (including phenoxy) is 1. The number of hydrogen-bond donors (Lipinski definition) is 1. The molecular weight excluding hydrogens is 247 g/mol. The summed E-state index contributed by atoms with van der Waals surface area (Å²) >= 11 is 0. The molecule has 1 N–H and O–H groups in total. The lowest BCUT2D eigenvalue weighted by atomic mass is 10.1. The second-order valence-corrected chi connectivity index (χ2v) is 3.82. The van der Waals surface area contributed by atoms with Crippen molar-refractivity contribution in [3.63, 3.8) is 0 Å². The third-order valence-corrected chi connectivity index (χ3v) is 2.66. The van der Waals surface area contributed by atoms with Crippen LogP contribution in [0.1, 0.15) is 11.1 Å². The molecule has 0 radical (unpaired) electrons. The zero-order chi connectivity index (χ0) is 13.3. The minimum absolute atomic E-state index is 0.0577. The average molecular weight is 257 g/mol. The maximum Gasteiger partial charge on any atom is 0.416 e. The number of H-pyrrole nitrogens is 1. The van der Waals surface area contributed by atoms with Gasteiger partial charge in [-0.15, -0.1) is 0 Å². The Bertz CT molecular complexity index is 587. The summed E-state index contributed by atoms with van der Waals surface area (Å²) in [6.07, 6.45) is -2.94. The minimum Gasteiger partial charge on any atom is -0.469 e. The van der Waals surface area contributed by atoms with E-state index in [9.17, 15) is 18.0 Å². The third kappa shape index (κ3) is 2.32.